The van der Waals surface area contributed by atoms with Crippen LogP contribution in [0.25, 0.3) is 0 Å². The van der Waals surface area contributed by atoms with Gasteiger partial charge in [-0.2, -0.15) is 0 Å². The summed E-state index contributed by atoms with van der Waals surface area (Å²) >= 11 is 0. The minimum absolute atomic E-state index is 1.01. The van der Waals surface area contributed by atoms with Crippen LogP contribution in [0.15, 0.2) is 24.3 Å². The molecule has 1 N–H and O–H groups in total. The number of hydrogen-bond acceptors (Lipinski definition) is 1. The van der Waals surface area contributed by atoms with Crippen molar-refractivity contribution in [1.82, 2.24) is 5.32 Å². The lowest BCUT2D eigenvalue weighted by Crippen LogP contribution is -2.14. The summed E-state index contributed by atoms with van der Waals surface area (Å²) in [6.45, 7) is 6.65. The van der Waals surface area contributed by atoms with E-state index in [1.165, 1.54) is 62.5 Å². The molecule has 1 nitrogen and oxygen atoms in total. The summed E-state index contributed by atoms with van der Waals surface area (Å²) < 4.78 is 0. The molecule has 20 heavy (non-hydrogen) atoms. The molecule has 0 unspecified atom stereocenters. The van der Waals surface area contributed by atoms with Gasteiger partial charge in [0.15, 0.2) is 0 Å². The molecular formula is C19H33N. The summed E-state index contributed by atoms with van der Waals surface area (Å²) in [7, 11) is 0. The van der Waals surface area contributed by atoms with Gasteiger partial charge in [0, 0.05) is 6.54 Å². The Morgan fingerprint density at radius 3 is 1.85 bits per heavy atom. The van der Waals surface area contributed by atoms with Crippen molar-refractivity contribution in [1.29, 1.82) is 0 Å². The maximum absolute atomic E-state index is 3.55. The van der Waals surface area contributed by atoms with Gasteiger partial charge < -0.3 is 5.32 Å². The van der Waals surface area contributed by atoms with E-state index in [0.717, 1.165) is 19.5 Å². The molecule has 0 aliphatic heterocycles. The Morgan fingerprint density at radius 2 is 1.25 bits per heavy atom. The second-order valence-electron chi connectivity index (χ2n) is 5.82. The Balaban J connectivity index is 1.91. The van der Waals surface area contributed by atoms with Crippen LogP contribution in [0.4, 0.5) is 0 Å². The molecule has 0 amide bonds. The van der Waals surface area contributed by atoms with E-state index in [2.05, 4.69) is 43.4 Å². The molecular weight excluding hydrogens is 242 g/mol. The van der Waals surface area contributed by atoms with Gasteiger partial charge in [-0.1, -0.05) is 83.1 Å². The summed E-state index contributed by atoms with van der Waals surface area (Å²) in [6.07, 6.45) is 12.3. The van der Waals surface area contributed by atoms with E-state index in [1.54, 1.807) is 0 Å². The average Bonchev–Trinajstić information content (AvgIpc) is 2.50. The third kappa shape index (κ3) is 8.37. The van der Waals surface area contributed by atoms with Crippen molar-refractivity contribution in [3.05, 3.63) is 35.4 Å². The van der Waals surface area contributed by atoms with Crippen LogP contribution in [0.5, 0.6) is 0 Å². The summed E-state index contributed by atoms with van der Waals surface area (Å²) in [5.41, 5.74) is 2.83. The standard InChI is InChI=1S/C19H33N/c1-3-5-6-7-8-9-10-11-16-20-17-19-14-12-18(4-2)13-15-19/h12-15,20H,3-11,16-17H2,1-2H3. The fraction of sp³-hybridized carbons (Fsp3) is 0.684. The number of benzene rings is 1. The van der Waals surface area contributed by atoms with Crippen LogP contribution in [0.3, 0.4) is 0 Å². The minimum atomic E-state index is 1.01. The van der Waals surface area contributed by atoms with E-state index in [9.17, 15) is 0 Å². The van der Waals surface area contributed by atoms with Crippen molar-refractivity contribution in [3.8, 4) is 0 Å². The molecule has 1 aromatic rings. The molecule has 0 heterocycles. The summed E-state index contributed by atoms with van der Waals surface area (Å²) in [5.74, 6) is 0. The maximum Gasteiger partial charge on any atom is 0.0205 e. The van der Waals surface area contributed by atoms with Gasteiger partial charge in [0.25, 0.3) is 0 Å². The van der Waals surface area contributed by atoms with E-state index < -0.39 is 0 Å². The molecule has 0 spiro atoms. The first-order chi connectivity index (χ1) is 9.86. The van der Waals surface area contributed by atoms with Crippen molar-refractivity contribution in [2.24, 2.45) is 0 Å². The number of aryl methyl sites for hydroxylation is 1. The van der Waals surface area contributed by atoms with Gasteiger partial charge in [0.2, 0.25) is 0 Å². The number of nitrogens with one attached hydrogen (secondary N) is 1. The molecule has 0 aromatic heterocycles. The fourth-order valence-electron chi connectivity index (χ4n) is 2.51. The quantitative estimate of drug-likeness (QED) is 0.498. The number of rotatable bonds is 12. The highest BCUT2D eigenvalue weighted by molar-refractivity contribution is 5.22. The van der Waals surface area contributed by atoms with Gasteiger partial charge in [0.1, 0.15) is 0 Å². The normalized spacial score (nSPS) is 10.9. The molecule has 0 fully saturated rings. The van der Waals surface area contributed by atoms with Crippen molar-refractivity contribution < 1.29 is 0 Å². The Hall–Kier alpha value is -0.820. The third-order valence-corrected chi connectivity index (χ3v) is 3.97. The summed E-state index contributed by atoms with van der Waals surface area (Å²) in [6, 6.07) is 8.99. The highest BCUT2D eigenvalue weighted by atomic mass is 14.8. The predicted octanol–water partition coefficient (Wildman–Crippen LogP) is 5.48. The first kappa shape index (κ1) is 17.2. The van der Waals surface area contributed by atoms with E-state index in [-0.39, 0.29) is 0 Å². The van der Waals surface area contributed by atoms with E-state index in [0.29, 0.717) is 0 Å². The van der Waals surface area contributed by atoms with E-state index in [4.69, 9.17) is 0 Å². The molecule has 0 radical (unpaired) electrons. The molecule has 0 saturated carbocycles. The Bertz CT molecular complexity index is 315. The zero-order valence-corrected chi connectivity index (χ0v) is 13.6. The topological polar surface area (TPSA) is 12.0 Å². The van der Waals surface area contributed by atoms with Gasteiger partial charge in [-0.05, 0) is 30.5 Å². The van der Waals surface area contributed by atoms with Gasteiger partial charge in [0.05, 0.1) is 0 Å². The van der Waals surface area contributed by atoms with Gasteiger partial charge in [-0.25, -0.2) is 0 Å². The molecule has 0 saturated heterocycles. The van der Waals surface area contributed by atoms with Crippen molar-refractivity contribution in [3.63, 3.8) is 0 Å². The molecule has 0 atom stereocenters. The zero-order chi connectivity index (χ0) is 14.5. The van der Waals surface area contributed by atoms with Crippen LogP contribution in [-0.4, -0.2) is 6.54 Å². The second kappa shape index (κ2) is 12.0. The van der Waals surface area contributed by atoms with Crippen LogP contribution in [0.2, 0.25) is 0 Å². The van der Waals surface area contributed by atoms with Crippen LogP contribution in [0, 0.1) is 0 Å². The van der Waals surface area contributed by atoms with Crippen LogP contribution in [-0.2, 0) is 13.0 Å². The lowest BCUT2D eigenvalue weighted by Gasteiger charge is -2.06. The minimum Gasteiger partial charge on any atom is -0.313 e. The van der Waals surface area contributed by atoms with Crippen molar-refractivity contribution in [2.45, 2.75) is 78.2 Å². The number of hydrogen-bond donors (Lipinski definition) is 1. The first-order valence-corrected chi connectivity index (χ1v) is 8.65. The first-order valence-electron chi connectivity index (χ1n) is 8.65. The molecule has 0 aliphatic carbocycles. The molecule has 114 valence electrons. The van der Waals surface area contributed by atoms with Gasteiger partial charge in [-0.15, -0.1) is 0 Å². The molecule has 0 bridgehead atoms. The largest absolute Gasteiger partial charge is 0.313 e. The Morgan fingerprint density at radius 1 is 0.700 bits per heavy atom. The molecule has 1 aromatic carbocycles. The zero-order valence-electron chi connectivity index (χ0n) is 13.6. The lowest BCUT2D eigenvalue weighted by atomic mass is 10.1. The highest BCUT2D eigenvalue weighted by Crippen LogP contribution is 2.08. The van der Waals surface area contributed by atoms with Gasteiger partial charge in [-0.3, -0.25) is 0 Å². The summed E-state index contributed by atoms with van der Waals surface area (Å²) in [4.78, 5) is 0. The molecule has 0 aliphatic rings. The fourth-order valence-corrected chi connectivity index (χ4v) is 2.51. The Kier molecular flexibility index (Phi) is 10.3. The second-order valence-corrected chi connectivity index (χ2v) is 5.82. The van der Waals surface area contributed by atoms with Crippen LogP contribution in [0.1, 0.15) is 76.3 Å². The smallest absolute Gasteiger partial charge is 0.0205 e. The van der Waals surface area contributed by atoms with E-state index >= 15 is 0 Å². The summed E-state index contributed by atoms with van der Waals surface area (Å²) in [5, 5.41) is 3.55. The van der Waals surface area contributed by atoms with Crippen LogP contribution >= 0.6 is 0 Å². The van der Waals surface area contributed by atoms with Crippen LogP contribution < -0.4 is 5.32 Å². The average molecular weight is 275 g/mol. The maximum atomic E-state index is 3.55. The van der Waals surface area contributed by atoms with Gasteiger partial charge >= 0.3 is 0 Å². The lowest BCUT2D eigenvalue weighted by molar-refractivity contribution is 0.555. The predicted molar refractivity (Wildman–Crippen MR) is 90.1 cm³/mol. The van der Waals surface area contributed by atoms with E-state index in [1.807, 2.05) is 0 Å². The Labute approximate surface area is 126 Å². The number of unbranched alkanes of at least 4 members (excludes halogenated alkanes) is 7. The monoisotopic (exact) mass is 275 g/mol. The van der Waals surface area contributed by atoms with Crippen molar-refractivity contribution in [2.75, 3.05) is 6.54 Å². The molecule has 1 heteroatoms. The van der Waals surface area contributed by atoms with Crippen molar-refractivity contribution >= 4 is 0 Å². The SMILES string of the molecule is CCCCCCCCCCNCc1ccc(CC)cc1. The highest BCUT2D eigenvalue weighted by Gasteiger charge is 1.94. The molecule has 1 rings (SSSR count). The third-order valence-electron chi connectivity index (χ3n) is 3.97.